The number of ether oxygens (including phenoxy) is 1. The third-order valence-electron chi connectivity index (χ3n) is 4.71. The Morgan fingerprint density at radius 1 is 1.15 bits per heavy atom. The number of amides is 1. The van der Waals surface area contributed by atoms with E-state index in [1.165, 1.54) is 17.0 Å². The molecule has 0 aliphatic carbocycles. The van der Waals surface area contributed by atoms with E-state index in [4.69, 9.17) is 4.74 Å². The molecule has 26 heavy (non-hydrogen) atoms. The monoisotopic (exact) mass is 358 g/mol. The van der Waals surface area contributed by atoms with Crippen LogP contribution in [0, 0.1) is 5.82 Å². The fourth-order valence-electron chi connectivity index (χ4n) is 3.22. The molecular formula is C20H25FN3O2+. The predicted molar refractivity (Wildman–Crippen MR) is 99.0 cm³/mol. The van der Waals surface area contributed by atoms with Gasteiger partial charge >= 0.3 is 0 Å². The summed E-state index contributed by atoms with van der Waals surface area (Å²) in [6.45, 7) is 4.48. The molecule has 0 unspecified atom stereocenters. The van der Waals surface area contributed by atoms with Gasteiger partial charge in [-0.1, -0.05) is 24.3 Å². The van der Waals surface area contributed by atoms with Crippen LogP contribution in [-0.2, 0) is 11.3 Å². The Kier molecular flexibility index (Phi) is 6.07. The van der Waals surface area contributed by atoms with Crippen LogP contribution in [0.25, 0.3) is 0 Å². The molecular weight excluding hydrogens is 333 g/mol. The highest BCUT2D eigenvalue weighted by molar-refractivity contribution is 5.76. The van der Waals surface area contributed by atoms with Gasteiger partial charge in [0.25, 0.3) is 5.91 Å². The number of para-hydroxylation sites is 2. The first kappa shape index (κ1) is 18.2. The largest absolute Gasteiger partial charge is 0.495 e. The van der Waals surface area contributed by atoms with Crippen molar-refractivity contribution in [2.24, 2.45) is 0 Å². The second kappa shape index (κ2) is 8.67. The molecule has 2 aromatic carbocycles. The maximum absolute atomic E-state index is 12.9. The lowest BCUT2D eigenvalue weighted by molar-refractivity contribution is -0.892. The van der Waals surface area contributed by atoms with Gasteiger partial charge in [0.05, 0.1) is 39.0 Å². The molecule has 5 nitrogen and oxygen atoms in total. The van der Waals surface area contributed by atoms with Gasteiger partial charge in [0.15, 0.2) is 6.54 Å². The van der Waals surface area contributed by atoms with Gasteiger partial charge in [-0.15, -0.1) is 0 Å². The Balaban J connectivity index is 1.44. The number of carbonyl (C=O) groups excluding carboxylic acids is 1. The molecule has 2 N–H and O–H groups in total. The van der Waals surface area contributed by atoms with Crippen LogP contribution in [0.1, 0.15) is 5.56 Å². The Morgan fingerprint density at radius 3 is 2.54 bits per heavy atom. The zero-order valence-electron chi connectivity index (χ0n) is 15.0. The number of anilines is 1. The molecule has 0 saturated carbocycles. The minimum atomic E-state index is -0.266. The minimum Gasteiger partial charge on any atom is -0.495 e. The first-order valence-electron chi connectivity index (χ1n) is 8.88. The smallest absolute Gasteiger partial charge is 0.275 e. The van der Waals surface area contributed by atoms with Gasteiger partial charge in [0.1, 0.15) is 11.6 Å². The number of quaternary nitrogens is 1. The predicted octanol–water partition coefficient (Wildman–Crippen LogP) is 0.856. The molecule has 138 valence electrons. The summed E-state index contributed by atoms with van der Waals surface area (Å²) in [7, 11) is 1.69. The summed E-state index contributed by atoms with van der Waals surface area (Å²) in [5, 5.41) is 2.91. The van der Waals surface area contributed by atoms with Crippen molar-refractivity contribution in [3.63, 3.8) is 0 Å². The Hall–Kier alpha value is -2.60. The zero-order chi connectivity index (χ0) is 18.4. The van der Waals surface area contributed by atoms with Gasteiger partial charge in [-0.3, -0.25) is 4.79 Å². The van der Waals surface area contributed by atoms with Crippen LogP contribution < -0.4 is 19.9 Å². The van der Waals surface area contributed by atoms with Gasteiger partial charge in [-0.25, -0.2) is 4.39 Å². The average molecular weight is 358 g/mol. The number of rotatable bonds is 6. The lowest BCUT2D eigenvalue weighted by atomic mass is 10.2. The maximum Gasteiger partial charge on any atom is 0.275 e. The van der Waals surface area contributed by atoms with Crippen molar-refractivity contribution >= 4 is 11.6 Å². The first-order valence-corrected chi connectivity index (χ1v) is 8.88. The normalized spacial score (nSPS) is 14.9. The van der Waals surface area contributed by atoms with E-state index in [-0.39, 0.29) is 11.7 Å². The van der Waals surface area contributed by atoms with Crippen molar-refractivity contribution in [3.8, 4) is 5.75 Å². The van der Waals surface area contributed by atoms with Gasteiger partial charge in [0.2, 0.25) is 0 Å². The summed E-state index contributed by atoms with van der Waals surface area (Å²) in [5.41, 5.74) is 2.01. The van der Waals surface area contributed by atoms with Crippen molar-refractivity contribution in [2.75, 3.05) is 44.7 Å². The van der Waals surface area contributed by atoms with Crippen LogP contribution in [0.4, 0.5) is 10.1 Å². The molecule has 0 bridgehead atoms. The van der Waals surface area contributed by atoms with Crippen molar-refractivity contribution < 1.29 is 18.8 Å². The molecule has 6 heteroatoms. The molecule has 1 amide bonds. The highest BCUT2D eigenvalue weighted by Gasteiger charge is 2.23. The lowest BCUT2D eigenvalue weighted by Crippen LogP contribution is -3.15. The highest BCUT2D eigenvalue weighted by Crippen LogP contribution is 2.27. The number of benzene rings is 2. The lowest BCUT2D eigenvalue weighted by Gasteiger charge is -2.34. The molecule has 1 saturated heterocycles. The molecule has 2 aromatic rings. The van der Waals surface area contributed by atoms with Crippen LogP contribution in [0.3, 0.4) is 0 Å². The van der Waals surface area contributed by atoms with Crippen molar-refractivity contribution in [1.82, 2.24) is 5.32 Å². The molecule has 3 rings (SSSR count). The van der Waals surface area contributed by atoms with E-state index in [1.807, 2.05) is 18.2 Å². The topological polar surface area (TPSA) is 46.0 Å². The fourth-order valence-corrected chi connectivity index (χ4v) is 3.22. The van der Waals surface area contributed by atoms with Crippen molar-refractivity contribution in [1.29, 1.82) is 0 Å². The van der Waals surface area contributed by atoms with Gasteiger partial charge in [-0.05, 0) is 29.8 Å². The first-order chi connectivity index (χ1) is 12.7. The number of halogens is 1. The number of hydrogen-bond acceptors (Lipinski definition) is 3. The van der Waals surface area contributed by atoms with Crippen LogP contribution in [0.2, 0.25) is 0 Å². The molecule has 1 heterocycles. The van der Waals surface area contributed by atoms with Gasteiger partial charge in [0, 0.05) is 6.54 Å². The van der Waals surface area contributed by atoms with Crippen LogP contribution in [-0.4, -0.2) is 45.7 Å². The molecule has 1 aliphatic rings. The number of nitrogens with one attached hydrogen (secondary N) is 2. The molecule has 0 atom stereocenters. The van der Waals surface area contributed by atoms with E-state index in [1.54, 1.807) is 19.2 Å². The summed E-state index contributed by atoms with van der Waals surface area (Å²) in [4.78, 5) is 15.7. The van der Waals surface area contributed by atoms with E-state index in [2.05, 4.69) is 16.3 Å². The minimum absolute atomic E-state index is 0.0232. The fraction of sp³-hybridized carbons (Fsp3) is 0.350. The second-order valence-electron chi connectivity index (χ2n) is 6.49. The number of methoxy groups -OCH3 is 1. The molecule has 1 fully saturated rings. The summed E-state index contributed by atoms with van der Waals surface area (Å²) in [6, 6.07) is 14.2. The molecule has 0 spiro atoms. The highest BCUT2D eigenvalue weighted by atomic mass is 19.1. The van der Waals surface area contributed by atoms with Crippen LogP contribution in [0.15, 0.2) is 48.5 Å². The van der Waals surface area contributed by atoms with Crippen LogP contribution >= 0.6 is 0 Å². The van der Waals surface area contributed by atoms with Crippen LogP contribution in [0.5, 0.6) is 5.75 Å². The summed E-state index contributed by atoms with van der Waals surface area (Å²) in [6.07, 6.45) is 0. The summed E-state index contributed by atoms with van der Waals surface area (Å²) >= 11 is 0. The van der Waals surface area contributed by atoms with E-state index in [9.17, 15) is 9.18 Å². The maximum atomic E-state index is 12.9. The Bertz CT molecular complexity index is 728. The van der Waals surface area contributed by atoms with E-state index in [0.29, 0.717) is 13.1 Å². The van der Waals surface area contributed by atoms with Gasteiger partial charge in [-0.2, -0.15) is 0 Å². The SMILES string of the molecule is COc1ccccc1N1CC[NH+](CC(=O)NCc2ccc(F)cc2)CC1. The zero-order valence-corrected chi connectivity index (χ0v) is 15.0. The number of hydrogen-bond donors (Lipinski definition) is 2. The Morgan fingerprint density at radius 2 is 1.85 bits per heavy atom. The molecule has 0 radical (unpaired) electrons. The average Bonchev–Trinajstić information content (AvgIpc) is 2.68. The second-order valence-corrected chi connectivity index (χ2v) is 6.49. The van der Waals surface area contributed by atoms with Gasteiger partial charge < -0.3 is 19.9 Å². The third kappa shape index (κ3) is 4.73. The number of carbonyl (C=O) groups is 1. The summed E-state index contributed by atoms with van der Waals surface area (Å²) in [5.74, 6) is 0.639. The number of piperazine rings is 1. The van der Waals surface area contributed by atoms with E-state index < -0.39 is 0 Å². The van der Waals surface area contributed by atoms with E-state index in [0.717, 1.165) is 43.2 Å². The standard InChI is InChI=1S/C20H24FN3O2/c1-26-19-5-3-2-4-18(19)24-12-10-23(11-13-24)15-20(25)22-14-16-6-8-17(21)9-7-16/h2-9H,10-15H2,1H3,(H,22,25)/p+1. The van der Waals surface area contributed by atoms with Crippen molar-refractivity contribution in [3.05, 3.63) is 59.9 Å². The Labute approximate surface area is 153 Å². The molecule has 0 aromatic heterocycles. The summed E-state index contributed by atoms with van der Waals surface area (Å²) < 4.78 is 18.3. The quantitative estimate of drug-likeness (QED) is 0.805. The van der Waals surface area contributed by atoms with E-state index >= 15 is 0 Å². The number of nitrogens with zero attached hydrogens (tertiary/aromatic N) is 1. The molecule has 1 aliphatic heterocycles. The third-order valence-corrected chi connectivity index (χ3v) is 4.71. The van der Waals surface area contributed by atoms with Crippen molar-refractivity contribution in [2.45, 2.75) is 6.54 Å².